The van der Waals surface area contributed by atoms with Crippen LogP contribution in [0.4, 0.5) is 0 Å². The van der Waals surface area contributed by atoms with Crippen LogP contribution >= 0.6 is 0 Å². The molecule has 0 aromatic carbocycles. The molecular formula is C40H69NO8Si2. The van der Waals surface area contributed by atoms with Gasteiger partial charge in [0.2, 0.25) is 0 Å². The lowest BCUT2D eigenvalue weighted by atomic mass is 9.57. The number of hydrogen-bond acceptors (Lipinski definition) is 8. The molecule has 3 aliphatic rings. The van der Waals surface area contributed by atoms with Crippen molar-refractivity contribution >= 4 is 22.6 Å². The van der Waals surface area contributed by atoms with Gasteiger partial charge in [-0.15, -0.1) is 0 Å². The molecule has 2 fully saturated rings. The summed E-state index contributed by atoms with van der Waals surface area (Å²) in [5.41, 5.74) is 0.539. The second-order valence-corrected chi connectivity index (χ2v) is 28.2. The van der Waals surface area contributed by atoms with E-state index in [-0.39, 0.29) is 58.5 Å². The minimum Gasteiger partial charge on any atom is -0.455 e. The Hall–Kier alpha value is -1.58. The molecular weight excluding hydrogens is 679 g/mol. The normalized spacial score (nSPS) is 32.4. The number of carbonyl (C=O) groups excluding carboxylic acids is 1. The topological polar surface area (TPSA) is 119 Å². The maximum Gasteiger partial charge on any atom is 0.355 e. The van der Waals surface area contributed by atoms with Crippen LogP contribution in [-0.2, 0) is 23.1 Å². The van der Waals surface area contributed by atoms with E-state index in [0.717, 1.165) is 5.57 Å². The Balaban J connectivity index is 1.84. The van der Waals surface area contributed by atoms with Crippen molar-refractivity contribution in [2.45, 2.75) is 154 Å². The maximum absolute atomic E-state index is 13.5. The van der Waals surface area contributed by atoms with Crippen LogP contribution in [-0.4, -0.2) is 93.7 Å². The smallest absolute Gasteiger partial charge is 0.355 e. The van der Waals surface area contributed by atoms with E-state index in [1.807, 2.05) is 13.8 Å². The predicted molar refractivity (Wildman–Crippen MR) is 208 cm³/mol. The molecule has 0 spiro atoms. The molecule has 1 saturated heterocycles. The molecule has 4 rings (SSSR count). The first-order valence-corrected chi connectivity index (χ1v) is 24.8. The van der Waals surface area contributed by atoms with Gasteiger partial charge in [0.25, 0.3) is 0 Å². The summed E-state index contributed by atoms with van der Waals surface area (Å²) in [6.45, 7) is 30.5. The minimum atomic E-state index is -2.35. The zero-order valence-electron chi connectivity index (χ0n) is 34.1. The number of nitrogens with one attached hydrogen (secondary N) is 1. The summed E-state index contributed by atoms with van der Waals surface area (Å²) in [5, 5.41) is 22.0. The number of esters is 1. The van der Waals surface area contributed by atoms with Crippen LogP contribution in [0.25, 0.3) is 0 Å². The molecule has 1 aliphatic heterocycles. The van der Waals surface area contributed by atoms with Gasteiger partial charge in [-0.1, -0.05) is 73.6 Å². The van der Waals surface area contributed by atoms with E-state index >= 15 is 0 Å². The Morgan fingerprint density at radius 3 is 2.22 bits per heavy atom. The van der Waals surface area contributed by atoms with Crippen LogP contribution in [0, 0.1) is 29.6 Å². The zero-order chi connectivity index (χ0) is 38.5. The molecule has 2 aliphatic carbocycles. The number of carbonyl (C=O) groups is 1. The highest BCUT2D eigenvalue weighted by molar-refractivity contribution is 6.74. The maximum atomic E-state index is 13.5. The van der Waals surface area contributed by atoms with E-state index < -0.39 is 52.6 Å². The summed E-state index contributed by atoms with van der Waals surface area (Å²) >= 11 is 0. The van der Waals surface area contributed by atoms with Crippen LogP contribution < -0.4 is 0 Å². The van der Waals surface area contributed by atoms with Crippen LogP contribution in [0.3, 0.4) is 0 Å². The first-order chi connectivity index (χ1) is 23.4. The first-order valence-electron chi connectivity index (χ1n) is 19.0. The summed E-state index contributed by atoms with van der Waals surface area (Å²) in [5.74, 6) is -1.17. The van der Waals surface area contributed by atoms with Crippen molar-refractivity contribution in [2.24, 2.45) is 29.6 Å². The molecule has 12 atom stereocenters. The second-order valence-electron chi connectivity index (χ2n) is 18.7. The molecule has 9 unspecified atom stereocenters. The number of H-pyrrole nitrogens is 1. The SMILES string of the molecule is COC(CO)CC1C=CC2C3OC1(/C(C)=C/[C@@H](C)[C@H](O)[C@@H](C)O[Si](C)(C)C(C)(C)C)C2C(O[Si](C)(C)C(C)(C)C)C(C)C3OC(=O)c1ccc[nH]1. The number of aliphatic hydroxyl groups excluding tert-OH is 2. The molecule has 9 nitrogen and oxygen atoms in total. The molecule has 1 aromatic heterocycles. The molecule has 11 heteroatoms. The van der Waals surface area contributed by atoms with Crippen LogP contribution in [0.15, 0.2) is 42.1 Å². The van der Waals surface area contributed by atoms with E-state index in [1.165, 1.54) is 0 Å². The fraction of sp³-hybridized carbons (Fsp3) is 0.775. The summed E-state index contributed by atoms with van der Waals surface area (Å²) in [7, 11) is -2.84. The van der Waals surface area contributed by atoms with Crippen molar-refractivity contribution < 1.29 is 38.1 Å². The number of hydrogen-bond donors (Lipinski definition) is 3. The van der Waals surface area contributed by atoms with Crippen LogP contribution in [0.1, 0.15) is 86.1 Å². The average molecular weight is 748 g/mol. The molecule has 290 valence electrons. The van der Waals surface area contributed by atoms with E-state index in [0.29, 0.717) is 12.1 Å². The fourth-order valence-electron chi connectivity index (χ4n) is 8.11. The highest BCUT2D eigenvalue weighted by atomic mass is 28.4. The third-order valence-corrected chi connectivity index (χ3v) is 22.3. The highest BCUT2D eigenvalue weighted by Gasteiger charge is 2.70. The Kier molecular flexibility index (Phi) is 12.6. The summed E-state index contributed by atoms with van der Waals surface area (Å²) in [6.07, 6.45) is 6.10. The van der Waals surface area contributed by atoms with Gasteiger partial charge in [0.15, 0.2) is 16.6 Å². The van der Waals surface area contributed by atoms with Gasteiger partial charge in [-0.25, -0.2) is 4.79 Å². The lowest BCUT2D eigenvalue weighted by Gasteiger charge is -2.53. The number of methoxy groups -OCH3 is 1. The molecule has 2 heterocycles. The van der Waals surface area contributed by atoms with E-state index in [1.54, 1.807) is 25.4 Å². The van der Waals surface area contributed by atoms with Crippen LogP contribution in [0.5, 0.6) is 0 Å². The van der Waals surface area contributed by atoms with Crippen molar-refractivity contribution in [3.63, 3.8) is 0 Å². The van der Waals surface area contributed by atoms with Crippen molar-refractivity contribution in [3.05, 3.63) is 47.8 Å². The second kappa shape index (κ2) is 15.3. The molecule has 0 radical (unpaired) electrons. The van der Waals surface area contributed by atoms with Crippen molar-refractivity contribution in [2.75, 3.05) is 13.7 Å². The van der Waals surface area contributed by atoms with Gasteiger partial charge >= 0.3 is 5.97 Å². The zero-order valence-corrected chi connectivity index (χ0v) is 36.1. The van der Waals surface area contributed by atoms with E-state index in [9.17, 15) is 15.0 Å². The number of aromatic amines is 1. The first kappa shape index (κ1) is 42.2. The molecule has 4 bridgehead atoms. The lowest BCUT2D eigenvalue weighted by molar-refractivity contribution is -0.106. The van der Waals surface area contributed by atoms with E-state index in [2.05, 4.69) is 105 Å². The van der Waals surface area contributed by atoms with Gasteiger partial charge in [-0.2, -0.15) is 0 Å². The third kappa shape index (κ3) is 8.11. The van der Waals surface area contributed by atoms with Gasteiger partial charge in [-0.05, 0) is 74.2 Å². The largest absolute Gasteiger partial charge is 0.455 e. The minimum absolute atomic E-state index is 0.0160. The number of aromatic nitrogens is 1. The number of aliphatic hydroxyl groups is 2. The van der Waals surface area contributed by atoms with Crippen LogP contribution in [0.2, 0.25) is 36.3 Å². The van der Waals surface area contributed by atoms with Gasteiger partial charge in [-0.3, -0.25) is 0 Å². The van der Waals surface area contributed by atoms with Gasteiger partial charge in [0, 0.05) is 42.9 Å². The Morgan fingerprint density at radius 2 is 1.69 bits per heavy atom. The van der Waals surface area contributed by atoms with Gasteiger partial charge < -0.3 is 38.3 Å². The molecule has 51 heavy (non-hydrogen) atoms. The molecule has 3 N–H and O–H groups in total. The molecule has 1 aromatic rings. The Labute approximate surface area is 310 Å². The lowest BCUT2D eigenvalue weighted by Crippen LogP contribution is -2.60. The van der Waals surface area contributed by atoms with Crippen molar-refractivity contribution in [3.8, 4) is 0 Å². The van der Waals surface area contributed by atoms with Crippen molar-refractivity contribution in [1.82, 2.24) is 4.98 Å². The fourth-order valence-corrected chi connectivity index (χ4v) is 10.9. The number of rotatable bonds is 14. The molecule has 1 saturated carbocycles. The monoisotopic (exact) mass is 747 g/mol. The van der Waals surface area contributed by atoms with Gasteiger partial charge in [0.05, 0.1) is 31.0 Å². The predicted octanol–water partition coefficient (Wildman–Crippen LogP) is 7.89. The summed E-state index contributed by atoms with van der Waals surface area (Å²) < 4.78 is 33.7. The number of ether oxygens (including phenoxy) is 3. The third-order valence-electron chi connectivity index (χ3n) is 13.2. The van der Waals surface area contributed by atoms with Crippen molar-refractivity contribution in [1.29, 1.82) is 0 Å². The Morgan fingerprint density at radius 1 is 1.06 bits per heavy atom. The summed E-state index contributed by atoms with van der Waals surface area (Å²) in [6, 6.07) is 3.51. The quantitative estimate of drug-likeness (QED) is 0.1000. The van der Waals surface area contributed by atoms with E-state index in [4.69, 9.17) is 23.1 Å². The Bertz CT molecular complexity index is 1390. The molecule has 0 amide bonds. The standard InChI is InChI=1S/C40H69NO8Si2/c1-24(33(43)27(4)48-50(12,13)38(5,6)7)21-25(2)40-28(22-29(23-42)45-11)18-19-30-32(40)34(49-51(14,15)39(8,9)10)26(3)35(36(30)47-40)46-37(44)31-17-16-20-41-31/h16-21,24,26-30,32-36,41-43H,22-23H2,1-15H3/b25-21+/t24-,26?,27-,28?,29?,30?,32?,33+,34?,35?,36?,40?/m1/s1. The highest BCUT2D eigenvalue weighted by Crippen LogP contribution is 2.62. The average Bonchev–Trinajstić information content (AvgIpc) is 3.62. The summed E-state index contributed by atoms with van der Waals surface area (Å²) in [4.78, 5) is 16.5. The van der Waals surface area contributed by atoms with Gasteiger partial charge in [0.1, 0.15) is 23.5 Å².